The summed E-state index contributed by atoms with van der Waals surface area (Å²) in [6, 6.07) is 8.13. The fourth-order valence-electron chi connectivity index (χ4n) is 2.75. The van der Waals surface area contributed by atoms with Crippen molar-refractivity contribution in [2.24, 2.45) is 0 Å². The van der Waals surface area contributed by atoms with Crippen LogP contribution in [-0.2, 0) is 16.1 Å². The number of amides is 2. The van der Waals surface area contributed by atoms with Gasteiger partial charge in [0, 0.05) is 58.3 Å². The van der Waals surface area contributed by atoms with Crippen LogP contribution in [0.1, 0.15) is 18.9 Å². The second kappa shape index (κ2) is 12.0. The van der Waals surface area contributed by atoms with Crippen molar-refractivity contribution < 1.29 is 9.59 Å². The molecule has 0 bridgehead atoms. The number of anilines is 1. The quantitative estimate of drug-likeness (QED) is 0.770. The first-order valence-electron chi connectivity index (χ1n) is 8.11. The summed E-state index contributed by atoms with van der Waals surface area (Å²) in [4.78, 5) is 27.4. The van der Waals surface area contributed by atoms with E-state index in [9.17, 15) is 9.59 Å². The molecule has 1 heterocycles. The maximum absolute atomic E-state index is 11.8. The lowest BCUT2D eigenvalue weighted by molar-refractivity contribution is -0.129. The Bertz CT molecular complexity index is 549. The van der Waals surface area contributed by atoms with E-state index >= 15 is 0 Å². The molecule has 25 heavy (non-hydrogen) atoms. The van der Waals surface area contributed by atoms with Crippen molar-refractivity contribution in [3.05, 3.63) is 29.8 Å². The molecule has 142 valence electrons. The number of benzene rings is 1. The van der Waals surface area contributed by atoms with Gasteiger partial charge in [0.1, 0.15) is 0 Å². The molecule has 0 saturated carbocycles. The number of carbonyl (C=O) groups excluding carboxylic acids is 2. The zero-order valence-electron chi connectivity index (χ0n) is 14.8. The van der Waals surface area contributed by atoms with Crippen molar-refractivity contribution in [2.75, 3.05) is 44.7 Å². The average molecular weight is 391 g/mol. The van der Waals surface area contributed by atoms with Gasteiger partial charge in [0.25, 0.3) is 0 Å². The molecule has 1 saturated heterocycles. The summed E-state index contributed by atoms with van der Waals surface area (Å²) >= 11 is 0. The van der Waals surface area contributed by atoms with E-state index in [0.717, 1.165) is 37.4 Å². The van der Waals surface area contributed by atoms with Gasteiger partial charge >= 0.3 is 0 Å². The van der Waals surface area contributed by atoms with E-state index in [-0.39, 0.29) is 36.6 Å². The molecule has 1 fully saturated rings. The maximum atomic E-state index is 11.8. The van der Waals surface area contributed by atoms with Gasteiger partial charge in [0.2, 0.25) is 11.8 Å². The number of hydrogen-bond donors (Lipinski definition) is 2. The van der Waals surface area contributed by atoms with Crippen LogP contribution in [-0.4, -0.2) is 56.5 Å². The van der Waals surface area contributed by atoms with E-state index in [0.29, 0.717) is 19.5 Å². The van der Waals surface area contributed by atoms with E-state index in [4.69, 9.17) is 0 Å². The van der Waals surface area contributed by atoms with Gasteiger partial charge in [-0.15, -0.1) is 24.8 Å². The van der Waals surface area contributed by atoms with Gasteiger partial charge in [-0.1, -0.05) is 18.2 Å². The molecule has 2 amide bonds. The van der Waals surface area contributed by atoms with Crippen LogP contribution < -0.4 is 15.5 Å². The topological polar surface area (TPSA) is 64.7 Å². The summed E-state index contributed by atoms with van der Waals surface area (Å²) in [5.41, 5.74) is 2.26. The van der Waals surface area contributed by atoms with Gasteiger partial charge < -0.3 is 20.4 Å². The summed E-state index contributed by atoms with van der Waals surface area (Å²) < 4.78 is 0. The van der Waals surface area contributed by atoms with Gasteiger partial charge in [-0.3, -0.25) is 9.59 Å². The second-order valence-corrected chi connectivity index (χ2v) is 5.75. The molecule has 0 spiro atoms. The fraction of sp³-hybridized carbons (Fsp3) is 0.529. The lowest BCUT2D eigenvalue weighted by Gasteiger charge is -2.36. The molecular weight excluding hydrogens is 363 g/mol. The molecule has 0 unspecified atom stereocenters. The summed E-state index contributed by atoms with van der Waals surface area (Å²) in [7, 11) is 1.84. The van der Waals surface area contributed by atoms with Gasteiger partial charge in [-0.05, 0) is 18.7 Å². The van der Waals surface area contributed by atoms with Crippen molar-refractivity contribution >= 4 is 42.3 Å². The molecule has 1 aromatic rings. The first kappa shape index (κ1) is 23.5. The third kappa shape index (κ3) is 7.10. The first-order valence-corrected chi connectivity index (χ1v) is 8.11. The fourth-order valence-corrected chi connectivity index (χ4v) is 2.75. The van der Waals surface area contributed by atoms with E-state index in [1.807, 2.05) is 30.1 Å². The number of para-hydroxylation sites is 1. The number of carbonyl (C=O) groups is 2. The van der Waals surface area contributed by atoms with Crippen molar-refractivity contribution in [2.45, 2.75) is 19.9 Å². The third-order valence-electron chi connectivity index (χ3n) is 4.14. The second-order valence-electron chi connectivity index (χ2n) is 5.75. The molecule has 0 aliphatic carbocycles. The molecule has 0 radical (unpaired) electrons. The summed E-state index contributed by atoms with van der Waals surface area (Å²) in [6.45, 7) is 5.97. The molecule has 1 aromatic carbocycles. The van der Waals surface area contributed by atoms with Crippen LogP contribution in [0.5, 0.6) is 0 Å². The Morgan fingerprint density at radius 1 is 1.08 bits per heavy atom. The standard InChI is InChI=1S/C17H26N4O2.2ClH/c1-14(22)20-9-11-21(12-10-20)16-6-4-3-5-15(16)13-19-17(23)7-8-18-2;;/h3-6,18H,7-13H2,1-2H3,(H,19,23);2*1H. The average Bonchev–Trinajstić information content (AvgIpc) is 2.58. The highest BCUT2D eigenvalue weighted by atomic mass is 35.5. The van der Waals surface area contributed by atoms with Gasteiger partial charge in [0.05, 0.1) is 0 Å². The Balaban J connectivity index is 0.00000288. The minimum atomic E-state index is 0. The predicted molar refractivity (Wildman–Crippen MR) is 106 cm³/mol. The van der Waals surface area contributed by atoms with Gasteiger partial charge in [0.15, 0.2) is 0 Å². The van der Waals surface area contributed by atoms with Crippen molar-refractivity contribution in [3.63, 3.8) is 0 Å². The SMILES string of the molecule is CNCCC(=O)NCc1ccccc1N1CCN(C(C)=O)CC1.Cl.Cl. The molecular formula is C17H28Cl2N4O2. The summed E-state index contributed by atoms with van der Waals surface area (Å²) in [5.74, 6) is 0.185. The monoisotopic (exact) mass is 390 g/mol. The highest BCUT2D eigenvalue weighted by Gasteiger charge is 2.20. The van der Waals surface area contributed by atoms with Gasteiger partial charge in [-0.25, -0.2) is 0 Å². The Kier molecular flexibility index (Phi) is 11.2. The van der Waals surface area contributed by atoms with E-state index < -0.39 is 0 Å². The van der Waals surface area contributed by atoms with Crippen LogP contribution in [0.4, 0.5) is 5.69 Å². The van der Waals surface area contributed by atoms with Crippen molar-refractivity contribution in [1.82, 2.24) is 15.5 Å². The molecule has 2 rings (SSSR count). The molecule has 0 atom stereocenters. The smallest absolute Gasteiger partial charge is 0.221 e. The lowest BCUT2D eigenvalue weighted by atomic mass is 10.1. The molecule has 0 aromatic heterocycles. The largest absolute Gasteiger partial charge is 0.368 e. The van der Waals surface area contributed by atoms with Crippen LogP contribution in [0.25, 0.3) is 0 Å². The Morgan fingerprint density at radius 2 is 1.72 bits per heavy atom. The van der Waals surface area contributed by atoms with E-state index in [2.05, 4.69) is 21.6 Å². The zero-order valence-corrected chi connectivity index (χ0v) is 16.4. The minimum absolute atomic E-state index is 0. The zero-order chi connectivity index (χ0) is 16.7. The number of nitrogens with zero attached hydrogens (tertiary/aromatic N) is 2. The normalized spacial score (nSPS) is 13.5. The molecule has 8 heteroatoms. The number of piperazine rings is 1. The predicted octanol–water partition coefficient (Wildman–Crippen LogP) is 1.42. The lowest BCUT2D eigenvalue weighted by Crippen LogP contribution is -2.48. The van der Waals surface area contributed by atoms with Crippen molar-refractivity contribution in [1.29, 1.82) is 0 Å². The number of rotatable bonds is 6. The van der Waals surface area contributed by atoms with Crippen LogP contribution in [0.15, 0.2) is 24.3 Å². The first-order chi connectivity index (χ1) is 11.1. The number of halogens is 2. The molecule has 2 N–H and O–H groups in total. The number of hydrogen-bond acceptors (Lipinski definition) is 4. The van der Waals surface area contributed by atoms with Crippen LogP contribution in [0, 0.1) is 0 Å². The Morgan fingerprint density at radius 3 is 2.32 bits per heavy atom. The van der Waals surface area contributed by atoms with Gasteiger partial charge in [-0.2, -0.15) is 0 Å². The van der Waals surface area contributed by atoms with E-state index in [1.165, 1.54) is 0 Å². The molecule has 1 aliphatic heterocycles. The highest BCUT2D eigenvalue weighted by Crippen LogP contribution is 2.21. The van der Waals surface area contributed by atoms with Crippen molar-refractivity contribution in [3.8, 4) is 0 Å². The third-order valence-corrected chi connectivity index (χ3v) is 4.14. The summed E-state index contributed by atoms with van der Waals surface area (Å²) in [6.07, 6.45) is 0.482. The summed E-state index contributed by atoms with van der Waals surface area (Å²) in [5, 5.41) is 5.94. The minimum Gasteiger partial charge on any atom is -0.368 e. The van der Waals surface area contributed by atoms with Crippen LogP contribution in [0.3, 0.4) is 0 Å². The van der Waals surface area contributed by atoms with Crippen LogP contribution >= 0.6 is 24.8 Å². The highest BCUT2D eigenvalue weighted by molar-refractivity contribution is 5.85. The maximum Gasteiger partial charge on any atom is 0.221 e. The van der Waals surface area contributed by atoms with Crippen LogP contribution in [0.2, 0.25) is 0 Å². The molecule has 6 nitrogen and oxygen atoms in total. The Hall–Kier alpha value is -1.50. The Labute approximate surface area is 162 Å². The molecule has 1 aliphatic rings. The number of nitrogens with one attached hydrogen (secondary N) is 2. The van der Waals surface area contributed by atoms with E-state index in [1.54, 1.807) is 6.92 Å².